The van der Waals surface area contributed by atoms with Crippen molar-refractivity contribution in [2.75, 3.05) is 0 Å². The van der Waals surface area contributed by atoms with Crippen molar-refractivity contribution < 1.29 is 0 Å². The van der Waals surface area contributed by atoms with Crippen molar-refractivity contribution >= 4 is 12.2 Å². The molecule has 0 unspecified atom stereocenters. The van der Waals surface area contributed by atoms with E-state index in [9.17, 15) is 0 Å². The number of aryl methyl sites for hydroxylation is 1. The van der Waals surface area contributed by atoms with Crippen LogP contribution in [0.2, 0.25) is 0 Å². The van der Waals surface area contributed by atoms with Crippen LogP contribution in [0.4, 0.5) is 0 Å². The van der Waals surface area contributed by atoms with Crippen LogP contribution in [-0.4, -0.2) is 10.2 Å². The molecule has 0 saturated heterocycles. The highest BCUT2D eigenvalue weighted by molar-refractivity contribution is 7.71. The first-order valence-corrected chi connectivity index (χ1v) is 6.19. The fraction of sp³-hybridized carbons (Fsp3) is 0.286. The third-order valence-electron chi connectivity index (χ3n) is 3.16. The Morgan fingerprint density at radius 3 is 2.35 bits per heavy atom. The number of H-pyrrole nitrogens is 1. The van der Waals surface area contributed by atoms with Crippen LogP contribution in [0.15, 0.2) is 24.3 Å². The maximum absolute atomic E-state index is 5.17. The van der Waals surface area contributed by atoms with Gasteiger partial charge >= 0.3 is 0 Å². The summed E-state index contributed by atoms with van der Waals surface area (Å²) in [5.41, 5.74) is 5.71. The molecule has 2 rings (SSSR count). The van der Waals surface area contributed by atoms with Gasteiger partial charge in [0, 0.05) is 5.56 Å². The first-order chi connectivity index (χ1) is 8.13. The lowest BCUT2D eigenvalue weighted by molar-refractivity contribution is 0.986. The van der Waals surface area contributed by atoms with E-state index in [-0.39, 0.29) is 0 Å². The molecule has 2 nitrogen and oxygen atoms in total. The number of benzene rings is 1. The Kier molecular flexibility index (Phi) is 3.38. The van der Waals surface area contributed by atoms with E-state index >= 15 is 0 Å². The van der Waals surface area contributed by atoms with E-state index in [1.54, 1.807) is 0 Å². The zero-order valence-corrected chi connectivity index (χ0v) is 11.2. The minimum atomic E-state index is 0.719. The number of rotatable bonds is 2. The number of hydrogen-bond acceptors (Lipinski definition) is 2. The molecule has 1 aromatic carbocycles. The van der Waals surface area contributed by atoms with E-state index in [4.69, 9.17) is 12.2 Å². The van der Waals surface area contributed by atoms with Gasteiger partial charge in [0.05, 0.1) is 5.69 Å². The molecule has 0 radical (unpaired) electrons. The van der Waals surface area contributed by atoms with Crippen molar-refractivity contribution in [3.8, 4) is 11.3 Å². The summed E-state index contributed by atoms with van der Waals surface area (Å²) < 4.78 is 0.719. The van der Waals surface area contributed by atoms with Gasteiger partial charge in [-0.05, 0) is 37.0 Å². The van der Waals surface area contributed by atoms with Gasteiger partial charge in [-0.1, -0.05) is 43.4 Å². The highest BCUT2D eigenvalue weighted by atomic mass is 32.1. The van der Waals surface area contributed by atoms with Gasteiger partial charge in [0.1, 0.15) is 4.64 Å². The zero-order chi connectivity index (χ0) is 12.4. The molecule has 0 fully saturated rings. The van der Waals surface area contributed by atoms with Crippen LogP contribution in [0, 0.1) is 18.5 Å². The second-order valence-electron chi connectivity index (χ2n) is 4.20. The van der Waals surface area contributed by atoms with Crippen LogP contribution < -0.4 is 0 Å². The van der Waals surface area contributed by atoms with E-state index in [1.165, 1.54) is 5.56 Å². The van der Waals surface area contributed by atoms with E-state index in [0.717, 1.165) is 33.4 Å². The van der Waals surface area contributed by atoms with Crippen molar-refractivity contribution in [3.63, 3.8) is 0 Å². The van der Waals surface area contributed by atoms with Crippen molar-refractivity contribution in [2.24, 2.45) is 0 Å². The Morgan fingerprint density at radius 1 is 1.12 bits per heavy atom. The highest BCUT2D eigenvalue weighted by Gasteiger charge is 2.06. The Hall–Kier alpha value is -1.48. The summed E-state index contributed by atoms with van der Waals surface area (Å²) in [6.45, 7) is 6.25. The summed E-state index contributed by atoms with van der Waals surface area (Å²) in [6, 6.07) is 8.52. The Balaban J connectivity index is 2.53. The minimum absolute atomic E-state index is 0.719. The van der Waals surface area contributed by atoms with Gasteiger partial charge in [-0.15, -0.1) is 0 Å². The van der Waals surface area contributed by atoms with Gasteiger partial charge in [0.2, 0.25) is 0 Å². The van der Waals surface area contributed by atoms with Crippen LogP contribution >= 0.6 is 12.2 Å². The average molecular weight is 244 g/mol. The third-order valence-corrected chi connectivity index (χ3v) is 3.56. The van der Waals surface area contributed by atoms with Gasteiger partial charge in [0.15, 0.2) is 0 Å². The molecule has 0 spiro atoms. The predicted molar refractivity (Wildman–Crippen MR) is 73.7 cm³/mol. The second-order valence-corrected chi connectivity index (χ2v) is 4.61. The maximum Gasteiger partial charge on any atom is 0.122 e. The summed E-state index contributed by atoms with van der Waals surface area (Å²) in [5.74, 6) is 0. The topological polar surface area (TPSA) is 28.7 Å². The SMILES string of the molecule is CCc1ccc(-c2n[nH]c(=S)c(C)c2C)cc1. The second kappa shape index (κ2) is 4.80. The molecule has 88 valence electrons. The summed E-state index contributed by atoms with van der Waals surface area (Å²) in [7, 11) is 0. The summed E-state index contributed by atoms with van der Waals surface area (Å²) in [4.78, 5) is 0. The molecular weight excluding hydrogens is 228 g/mol. The Labute approximate surface area is 107 Å². The molecule has 0 aliphatic rings. The summed E-state index contributed by atoms with van der Waals surface area (Å²) in [5, 5.41) is 7.24. The van der Waals surface area contributed by atoms with Gasteiger partial charge in [0.25, 0.3) is 0 Å². The molecule has 0 aliphatic carbocycles. The number of nitrogens with one attached hydrogen (secondary N) is 1. The largest absolute Gasteiger partial charge is 0.267 e. The van der Waals surface area contributed by atoms with Gasteiger partial charge in [-0.3, -0.25) is 5.10 Å². The quantitative estimate of drug-likeness (QED) is 0.809. The van der Waals surface area contributed by atoms with Crippen LogP contribution in [0.3, 0.4) is 0 Å². The molecule has 1 aromatic heterocycles. The van der Waals surface area contributed by atoms with Crippen LogP contribution in [0.1, 0.15) is 23.6 Å². The molecule has 2 aromatic rings. The number of aromatic amines is 1. The zero-order valence-electron chi connectivity index (χ0n) is 10.4. The predicted octanol–water partition coefficient (Wildman–Crippen LogP) is 3.99. The third kappa shape index (κ3) is 2.29. The monoisotopic (exact) mass is 244 g/mol. The molecular formula is C14H16N2S. The molecule has 0 amide bonds. The Bertz CT molecular complexity index is 582. The molecule has 17 heavy (non-hydrogen) atoms. The van der Waals surface area contributed by atoms with Crippen LogP contribution in [0.5, 0.6) is 0 Å². The van der Waals surface area contributed by atoms with Crippen molar-refractivity contribution in [3.05, 3.63) is 45.6 Å². The average Bonchev–Trinajstić information content (AvgIpc) is 2.36. The van der Waals surface area contributed by atoms with E-state index in [1.807, 2.05) is 6.92 Å². The van der Waals surface area contributed by atoms with Crippen molar-refractivity contribution in [2.45, 2.75) is 27.2 Å². The van der Waals surface area contributed by atoms with Crippen LogP contribution in [0.25, 0.3) is 11.3 Å². The molecule has 1 N–H and O–H groups in total. The summed E-state index contributed by atoms with van der Waals surface area (Å²) in [6.07, 6.45) is 1.06. The first kappa shape index (κ1) is 12.0. The van der Waals surface area contributed by atoms with Crippen LogP contribution in [-0.2, 0) is 6.42 Å². The molecule has 0 saturated carbocycles. The lowest BCUT2D eigenvalue weighted by Gasteiger charge is -2.08. The van der Waals surface area contributed by atoms with Gasteiger partial charge in [-0.25, -0.2) is 0 Å². The van der Waals surface area contributed by atoms with E-state index in [2.05, 4.69) is 48.3 Å². The molecule has 0 bridgehead atoms. The summed E-state index contributed by atoms with van der Waals surface area (Å²) >= 11 is 5.17. The fourth-order valence-corrected chi connectivity index (χ4v) is 2.00. The number of aromatic nitrogens is 2. The Morgan fingerprint density at radius 2 is 1.76 bits per heavy atom. The van der Waals surface area contributed by atoms with Crippen molar-refractivity contribution in [1.82, 2.24) is 10.2 Å². The molecule has 0 atom stereocenters. The smallest absolute Gasteiger partial charge is 0.122 e. The highest BCUT2D eigenvalue weighted by Crippen LogP contribution is 2.23. The minimum Gasteiger partial charge on any atom is -0.267 e. The number of hydrogen-bond donors (Lipinski definition) is 1. The lowest BCUT2D eigenvalue weighted by Crippen LogP contribution is -1.96. The standard InChI is InChI=1S/C14H16N2S/c1-4-11-5-7-12(8-6-11)13-9(2)10(3)14(17)16-15-13/h5-8H,4H2,1-3H3,(H,16,17). The maximum atomic E-state index is 5.17. The molecule has 0 aliphatic heterocycles. The number of nitrogens with zero attached hydrogens (tertiary/aromatic N) is 1. The van der Waals surface area contributed by atoms with E-state index in [0.29, 0.717) is 0 Å². The molecule has 1 heterocycles. The normalized spacial score (nSPS) is 10.5. The first-order valence-electron chi connectivity index (χ1n) is 5.78. The fourth-order valence-electron chi connectivity index (χ4n) is 1.80. The van der Waals surface area contributed by atoms with Gasteiger partial charge in [-0.2, -0.15) is 5.10 Å². The van der Waals surface area contributed by atoms with E-state index < -0.39 is 0 Å². The lowest BCUT2D eigenvalue weighted by atomic mass is 10.0. The molecule has 3 heteroatoms. The van der Waals surface area contributed by atoms with Gasteiger partial charge < -0.3 is 0 Å². The van der Waals surface area contributed by atoms with Crippen molar-refractivity contribution in [1.29, 1.82) is 0 Å².